The molecule has 0 radical (unpaired) electrons. The van der Waals surface area contributed by atoms with Crippen molar-refractivity contribution in [3.05, 3.63) is 33.9 Å². The maximum absolute atomic E-state index is 10.7. The molecule has 9 heavy (non-hydrogen) atoms. The number of hydrogen-bond donors (Lipinski definition) is 0. The summed E-state index contributed by atoms with van der Waals surface area (Å²) in [5.74, 6) is 0. The minimum absolute atomic E-state index is 0.241. The van der Waals surface area contributed by atoms with E-state index in [1.807, 2.05) is 6.92 Å². The Morgan fingerprint density at radius 2 is 2.11 bits per heavy atom. The zero-order valence-corrected chi connectivity index (χ0v) is 5.47. The predicted molar refractivity (Wildman–Crippen MR) is 34.5 cm³/mol. The number of hydrogen-bond acceptors (Lipinski definition) is 2. The Kier molecular flexibility index (Phi) is 1.39. The van der Waals surface area contributed by atoms with Crippen LogP contribution in [0.5, 0.6) is 0 Å². The third-order valence-corrected chi connectivity index (χ3v) is 1.39. The minimum Gasteiger partial charge on any atom is -0.431 e. The average molecular weight is 124 g/mol. The molecule has 1 heterocycles. The van der Waals surface area contributed by atoms with Gasteiger partial charge in [0.2, 0.25) is 0 Å². The van der Waals surface area contributed by atoms with E-state index < -0.39 is 0 Å². The van der Waals surface area contributed by atoms with Crippen LogP contribution in [0, 0.1) is 13.8 Å². The molecule has 0 aliphatic heterocycles. The molecule has 0 atom stereocenters. The first-order valence-corrected chi connectivity index (χ1v) is 2.77. The molecule has 0 saturated carbocycles. The molecular formula is C7H8O2. The van der Waals surface area contributed by atoms with E-state index in [0.29, 0.717) is 5.56 Å². The quantitative estimate of drug-likeness (QED) is 0.521. The largest absolute Gasteiger partial charge is 0.431 e. The second-order valence-electron chi connectivity index (χ2n) is 2.02. The molecule has 0 fully saturated rings. The predicted octanol–water partition coefficient (Wildman–Crippen LogP) is 1.26. The van der Waals surface area contributed by atoms with Gasteiger partial charge in [-0.2, -0.15) is 0 Å². The SMILES string of the molecule is Cc1ccoc(=O)c1C. The summed E-state index contributed by atoms with van der Waals surface area (Å²) in [6, 6.07) is 1.77. The van der Waals surface area contributed by atoms with E-state index in [1.54, 1.807) is 13.0 Å². The summed E-state index contributed by atoms with van der Waals surface area (Å²) in [5.41, 5.74) is 1.43. The Hall–Kier alpha value is -1.05. The van der Waals surface area contributed by atoms with Gasteiger partial charge in [-0.1, -0.05) is 0 Å². The Morgan fingerprint density at radius 1 is 1.44 bits per heavy atom. The second kappa shape index (κ2) is 2.05. The smallest absolute Gasteiger partial charge is 0.338 e. The normalized spacial score (nSPS) is 9.56. The molecule has 1 aromatic rings. The summed E-state index contributed by atoms with van der Waals surface area (Å²) in [6.07, 6.45) is 1.41. The number of rotatable bonds is 0. The molecule has 0 unspecified atom stereocenters. The fraction of sp³-hybridized carbons (Fsp3) is 0.286. The lowest BCUT2D eigenvalue weighted by Gasteiger charge is -1.91. The zero-order valence-electron chi connectivity index (χ0n) is 5.47. The van der Waals surface area contributed by atoms with Crippen molar-refractivity contribution in [1.82, 2.24) is 0 Å². The van der Waals surface area contributed by atoms with Crippen LogP contribution in [0.15, 0.2) is 21.5 Å². The van der Waals surface area contributed by atoms with Crippen LogP contribution in [-0.2, 0) is 0 Å². The Balaban J connectivity index is 3.43. The molecular weight excluding hydrogens is 116 g/mol. The van der Waals surface area contributed by atoms with Crippen molar-refractivity contribution in [3.8, 4) is 0 Å². The van der Waals surface area contributed by atoms with E-state index in [2.05, 4.69) is 4.42 Å². The summed E-state index contributed by atoms with van der Waals surface area (Å²) >= 11 is 0. The van der Waals surface area contributed by atoms with Crippen LogP contribution in [0.4, 0.5) is 0 Å². The van der Waals surface area contributed by atoms with Crippen LogP contribution in [0.1, 0.15) is 11.1 Å². The summed E-state index contributed by atoms with van der Waals surface area (Å²) in [7, 11) is 0. The molecule has 0 N–H and O–H groups in total. The molecule has 2 heteroatoms. The average Bonchev–Trinajstić information content (AvgIpc) is 1.83. The van der Waals surface area contributed by atoms with Crippen molar-refractivity contribution in [2.24, 2.45) is 0 Å². The van der Waals surface area contributed by atoms with E-state index in [0.717, 1.165) is 5.56 Å². The van der Waals surface area contributed by atoms with E-state index in [4.69, 9.17) is 0 Å². The third-order valence-electron chi connectivity index (χ3n) is 1.39. The first-order chi connectivity index (χ1) is 4.22. The van der Waals surface area contributed by atoms with Crippen LogP contribution >= 0.6 is 0 Å². The molecule has 1 rings (SSSR count). The van der Waals surface area contributed by atoms with Crippen molar-refractivity contribution < 1.29 is 4.42 Å². The summed E-state index contributed by atoms with van der Waals surface area (Å²) in [6.45, 7) is 3.63. The fourth-order valence-electron chi connectivity index (χ4n) is 0.572. The highest BCUT2D eigenvalue weighted by molar-refractivity contribution is 5.17. The van der Waals surface area contributed by atoms with Crippen molar-refractivity contribution in [2.45, 2.75) is 13.8 Å². The lowest BCUT2D eigenvalue weighted by atomic mass is 10.2. The second-order valence-corrected chi connectivity index (χ2v) is 2.02. The van der Waals surface area contributed by atoms with Crippen LogP contribution in [-0.4, -0.2) is 0 Å². The van der Waals surface area contributed by atoms with Crippen LogP contribution in [0.3, 0.4) is 0 Å². The molecule has 0 saturated heterocycles. The van der Waals surface area contributed by atoms with Crippen molar-refractivity contribution in [3.63, 3.8) is 0 Å². The van der Waals surface area contributed by atoms with E-state index in [9.17, 15) is 4.79 Å². The topological polar surface area (TPSA) is 30.2 Å². The summed E-state index contributed by atoms with van der Waals surface area (Å²) < 4.78 is 4.58. The monoisotopic (exact) mass is 124 g/mol. The highest BCUT2D eigenvalue weighted by Crippen LogP contribution is 1.97. The number of aryl methyl sites for hydroxylation is 1. The van der Waals surface area contributed by atoms with Gasteiger partial charge in [0, 0.05) is 5.56 Å². The van der Waals surface area contributed by atoms with Gasteiger partial charge < -0.3 is 4.42 Å². The molecule has 1 aromatic heterocycles. The van der Waals surface area contributed by atoms with Crippen molar-refractivity contribution >= 4 is 0 Å². The van der Waals surface area contributed by atoms with Gasteiger partial charge in [0.25, 0.3) is 0 Å². The lowest BCUT2D eigenvalue weighted by Crippen LogP contribution is -2.03. The molecule has 0 aromatic carbocycles. The maximum Gasteiger partial charge on any atom is 0.338 e. The highest BCUT2D eigenvalue weighted by atomic mass is 16.4. The van der Waals surface area contributed by atoms with Gasteiger partial charge >= 0.3 is 5.63 Å². The van der Waals surface area contributed by atoms with Gasteiger partial charge in [0.15, 0.2) is 0 Å². The van der Waals surface area contributed by atoms with Crippen molar-refractivity contribution in [2.75, 3.05) is 0 Å². The molecule has 0 bridgehead atoms. The summed E-state index contributed by atoms with van der Waals surface area (Å²) in [4.78, 5) is 10.7. The van der Waals surface area contributed by atoms with Gasteiger partial charge in [-0.05, 0) is 25.5 Å². The third kappa shape index (κ3) is 1.02. The first kappa shape index (κ1) is 6.08. The highest BCUT2D eigenvalue weighted by Gasteiger charge is 1.94. The van der Waals surface area contributed by atoms with Gasteiger partial charge in [-0.25, -0.2) is 4.79 Å². The van der Waals surface area contributed by atoms with E-state index >= 15 is 0 Å². The lowest BCUT2D eigenvalue weighted by molar-refractivity contribution is 0.503. The fourth-order valence-corrected chi connectivity index (χ4v) is 0.572. The van der Waals surface area contributed by atoms with E-state index in [-0.39, 0.29) is 5.63 Å². The maximum atomic E-state index is 10.7. The molecule has 0 aliphatic carbocycles. The van der Waals surface area contributed by atoms with Crippen LogP contribution in [0.2, 0.25) is 0 Å². The molecule has 0 amide bonds. The van der Waals surface area contributed by atoms with Crippen LogP contribution < -0.4 is 5.63 Å². The Bertz CT molecular complexity index is 260. The van der Waals surface area contributed by atoms with Gasteiger partial charge in [-0.3, -0.25) is 0 Å². The Labute approximate surface area is 53.1 Å². The molecule has 2 nitrogen and oxygen atoms in total. The molecule has 0 aliphatic rings. The first-order valence-electron chi connectivity index (χ1n) is 2.77. The molecule has 48 valence electrons. The summed E-state index contributed by atoms with van der Waals surface area (Å²) in [5, 5.41) is 0. The van der Waals surface area contributed by atoms with Gasteiger partial charge in [-0.15, -0.1) is 0 Å². The Morgan fingerprint density at radius 3 is 2.56 bits per heavy atom. The van der Waals surface area contributed by atoms with E-state index in [1.165, 1.54) is 6.26 Å². The van der Waals surface area contributed by atoms with Crippen LogP contribution in [0.25, 0.3) is 0 Å². The van der Waals surface area contributed by atoms with Gasteiger partial charge in [0.1, 0.15) is 0 Å². The van der Waals surface area contributed by atoms with Gasteiger partial charge in [0.05, 0.1) is 6.26 Å². The minimum atomic E-state index is -0.241. The van der Waals surface area contributed by atoms with Crippen molar-refractivity contribution in [1.29, 1.82) is 0 Å². The standard InChI is InChI=1S/C7H8O2/c1-5-3-4-9-7(8)6(5)2/h3-4H,1-2H3. The molecule has 0 spiro atoms. The zero-order chi connectivity index (χ0) is 6.85.